The zero-order chi connectivity index (χ0) is 14.5. The first-order chi connectivity index (χ1) is 9.65. The zero-order valence-corrected chi connectivity index (χ0v) is 12.4. The van der Waals surface area contributed by atoms with Gasteiger partial charge in [-0.3, -0.25) is 4.79 Å². The van der Waals surface area contributed by atoms with E-state index >= 15 is 0 Å². The quantitative estimate of drug-likeness (QED) is 0.778. The lowest BCUT2D eigenvalue weighted by Crippen LogP contribution is -2.41. The van der Waals surface area contributed by atoms with Crippen LogP contribution < -0.4 is 14.8 Å². The first-order valence-corrected chi connectivity index (χ1v) is 7.35. The lowest BCUT2D eigenvalue weighted by Gasteiger charge is -2.21. The Hall–Kier alpha value is -1.55. The Morgan fingerprint density at radius 2 is 2.05 bits per heavy atom. The predicted molar refractivity (Wildman–Crippen MR) is 78.5 cm³/mol. The number of carbonyl (C=O) groups is 1. The van der Waals surface area contributed by atoms with Crippen LogP contribution in [0.1, 0.15) is 50.4 Å². The van der Waals surface area contributed by atoms with E-state index in [9.17, 15) is 4.79 Å². The van der Waals surface area contributed by atoms with Gasteiger partial charge < -0.3 is 14.8 Å². The van der Waals surface area contributed by atoms with Crippen LogP contribution in [-0.4, -0.2) is 24.7 Å². The van der Waals surface area contributed by atoms with E-state index in [0.717, 1.165) is 19.3 Å². The summed E-state index contributed by atoms with van der Waals surface area (Å²) < 4.78 is 10.6. The molecular formula is C16H23NO3. The van der Waals surface area contributed by atoms with Crippen LogP contribution in [0.3, 0.4) is 0 Å². The van der Waals surface area contributed by atoms with Gasteiger partial charge in [0.1, 0.15) is 0 Å². The van der Waals surface area contributed by atoms with E-state index in [1.807, 2.05) is 12.1 Å². The lowest BCUT2D eigenvalue weighted by molar-refractivity contribution is 0.0930. The summed E-state index contributed by atoms with van der Waals surface area (Å²) >= 11 is 0. The van der Waals surface area contributed by atoms with Crippen LogP contribution in [0.5, 0.6) is 11.5 Å². The maximum atomic E-state index is 12.6. The molecule has 0 aliphatic carbocycles. The van der Waals surface area contributed by atoms with Crippen LogP contribution in [0.2, 0.25) is 0 Å². The highest BCUT2D eigenvalue weighted by molar-refractivity contribution is 6.00. The molecule has 0 aromatic heterocycles. The Kier molecular flexibility index (Phi) is 5.01. The molecule has 0 fully saturated rings. The molecule has 1 N–H and O–H groups in total. The maximum Gasteiger partial charge on any atom is 0.231 e. The van der Waals surface area contributed by atoms with E-state index < -0.39 is 0 Å². The second-order valence-electron chi connectivity index (χ2n) is 5.25. The van der Waals surface area contributed by atoms with Gasteiger partial charge in [0, 0.05) is 11.6 Å². The molecule has 4 heteroatoms. The van der Waals surface area contributed by atoms with Crippen molar-refractivity contribution in [3.8, 4) is 11.5 Å². The number of nitrogens with one attached hydrogen (secondary N) is 1. The van der Waals surface area contributed by atoms with Crippen molar-refractivity contribution in [3.63, 3.8) is 0 Å². The Morgan fingerprint density at radius 1 is 1.30 bits per heavy atom. The average molecular weight is 277 g/mol. The van der Waals surface area contributed by atoms with E-state index in [0.29, 0.717) is 23.1 Å². The zero-order valence-electron chi connectivity index (χ0n) is 12.4. The van der Waals surface area contributed by atoms with Crippen molar-refractivity contribution in [1.29, 1.82) is 0 Å². The molecule has 110 valence electrons. The normalized spacial score (nSPS) is 15.9. The van der Waals surface area contributed by atoms with Gasteiger partial charge in [-0.05, 0) is 38.0 Å². The van der Waals surface area contributed by atoms with Crippen molar-refractivity contribution in [3.05, 3.63) is 23.8 Å². The predicted octanol–water partition coefficient (Wildman–Crippen LogP) is 3.15. The van der Waals surface area contributed by atoms with Gasteiger partial charge in [-0.25, -0.2) is 0 Å². The van der Waals surface area contributed by atoms with Crippen LogP contribution in [-0.2, 0) is 0 Å². The van der Waals surface area contributed by atoms with Crippen LogP contribution in [0.15, 0.2) is 18.2 Å². The van der Waals surface area contributed by atoms with Crippen molar-refractivity contribution in [2.75, 3.05) is 6.79 Å². The van der Waals surface area contributed by atoms with Crippen molar-refractivity contribution in [1.82, 2.24) is 5.32 Å². The topological polar surface area (TPSA) is 47.6 Å². The summed E-state index contributed by atoms with van der Waals surface area (Å²) in [6.45, 7) is 6.55. The lowest BCUT2D eigenvalue weighted by atomic mass is 9.99. The molecule has 0 saturated carbocycles. The van der Waals surface area contributed by atoms with Crippen molar-refractivity contribution in [2.24, 2.45) is 0 Å². The van der Waals surface area contributed by atoms with E-state index in [1.165, 1.54) is 0 Å². The number of fused-ring (bicyclic) bond motifs is 1. The van der Waals surface area contributed by atoms with E-state index in [2.05, 4.69) is 26.1 Å². The fourth-order valence-corrected chi connectivity index (χ4v) is 2.29. The van der Waals surface area contributed by atoms with Crippen LogP contribution in [0, 0.1) is 0 Å². The van der Waals surface area contributed by atoms with Crippen molar-refractivity contribution >= 4 is 5.78 Å². The highest BCUT2D eigenvalue weighted by atomic mass is 16.7. The summed E-state index contributed by atoms with van der Waals surface area (Å²) in [4.78, 5) is 12.6. The van der Waals surface area contributed by atoms with Gasteiger partial charge in [0.05, 0.1) is 6.04 Å². The second kappa shape index (κ2) is 6.75. The highest BCUT2D eigenvalue weighted by Gasteiger charge is 2.23. The van der Waals surface area contributed by atoms with Gasteiger partial charge in [0.15, 0.2) is 17.3 Å². The molecule has 2 atom stereocenters. The summed E-state index contributed by atoms with van der Waals surface area (Å²) in [5.74, 6) is 1.50. The molecule has 4 nitrogen and oxygen atoms in total. The summed E-state index contributed by atoms with van der Waals surface area (Å²) in [7, 11) is 0. The minimum absolute atomic E-state index is 0.129. The summed E-state index contributed by atoms with van der Waals surface area (Å²) in [6, 6.07) is 5.62. The fourth-order valence-electron chi connectivity index (χ4n) is 2.29. The monoisotopic (exact) mass is 277 g/mol. The van der Waals surface area contributed by atoms with E-state index in [4.69, 9.17) is 9.47 Å². The highest BCUT2D eigenvalue weighted by Crippen LogP contribution is 2.32. The molecule has 20 heavy (non-hydrogen) atoms. The van der Waals surface area contributed by atoms with Gasteiger partial charge in [0.25, 0.3) is 0 Å². The van der Waals surface area contributed by atoms with Gasteiger partial charge in [-0.2, -0.15) is 0 Å². The van der Waals surface area contributed by atoms with Gasteiger partial charge in [0.2, 0.25) is 6.79 Å². The third kappa shape index (κ3) is 3.31. The van der Waals surface area contributed by atoms with Crippen LogP contribution in [0.4, 0.5) is 0 Å². The summed E-state index contributed by atoms with van der Waals surface area (Å²) in [5, 5.41) is 3.41. The minimum atomic E-state index is -0.129. The first kappa shape index (κ1) is 14.9. The molecule has 1 aromatic carbocycles. The second-order valence-corrected chi connectivity index (χ2v) is 5.25. The Labute approximate surface area is 120 Å². The number of Topliss-reactive ketones (excluding diaryl/α,β-unsaturated/α-hetero) is 1. The number of benzene rings is 1. The molecular weight excluding hydrogens is 254 g/mol. The molecule has 2 rings (SSSR count). The SMILES string of the molecule is CCCC(NC(C)CC)C(=O)c1ccc2c(c1)OCO2. The van der Waals surface area contributed by atoms with Gasteiger partial charge in [-0.1, -0.05) is 20.3 Å². The Morgan fingerprint density at radius 3 is 2.75 bits per heavy atom. The fraction of sp³-hybridized carbons (Fsp3) is 0.562. The number of carbonyl (C=O) groups excluding carboxylic acids is 1. The third-order valence-corrected chi connectivity index (χ3v) is 3.65. The molecule has 0 radical (unpaired) electrons. The van der Waals surface area contributed by atoms with Gasteiger partial charge in [-0.15, -0.1) is 0 Å². The number of rotatable bonds is 7. The minimum Gasteiger partial charge on any atom is -0.454 e. The largest absolute Gasteiger partial charge is 0.454 e. The van der Waals surface area contributed by atoms with Crippen LogP contribution in [0.25, 0.3) is 0 Å². The molecule has 1 aliphatic rings. The molecule has 0 spiro atoms. The summed E-state index contributed by atoms with van der Waals surface area (Å²) in [5.41, 5.74) is 0.684. The van der Waals surface area contributed by atoms with Gasteiger partial charge >= 0.3 is 0 Å². The summed E-state index contributed by atoms with van der Waals surface area (Å²) in [6.07, 6.45) is 2.83. The molecule has 1 heterocycles. The number of hydrogen-bond donors (Lipinski definition) is 1. The van der Waals surface area contributed by atoms with Crippen LogP contribution >= 0.6 is 0 Å². The molecule has 0 amide bonds. The van der Waals surface area contributed by atoms with E-state index in [1.54, 1.807) is 6.07 Å². The Bertz CT molecular complexity index is 473. The number of ketones is 1. The number of ether oxygens (including phenoxy) is 2. The van der Waals surface area contributed by atoms with Crippen molar-refractivity contribution < 1.29 is 14.3 Å². The molecule has 1 aromatic rings. The molecule has 2 unspecified atom stereocenters. The first-order valence-electron chi connectivity index (χ1n) is 7.35. The third-order valence-electron chi connectivity index (χ3n) is 3.65. The number of hydrogen-bond acceptors (Lipinski definition) is 4. The van der Waals surface area contributed by atoms with E-state index in [-0.39, 0.29) is 18.6 Å². The molecule has 1 aliphatic heterocycles. The average Bonchev–Trinajstić information content (AvgIpc) is 2.93. The molecule has 0 bridgehead atoms. The standard InChI is InChI=1S/C16H23NO3/c1-4-6-13(17-11(3)5-2)16(18)12-7-8-14-15(9-12)20-10-19-14/h7-9,11,13,17H,4-6,10H2,1-3H3. The smallest absolute Gasteiger partial charge is 0.231 e. The Balaban J connectivity index is 2.14. The molecule has 0 saturated heterocycles. The van der Waals surface area contributed by atoms with Crippen molar-refractivity contribution in [2.45, 2.75) is 52.1 Å². The maximum absolute atomic E-state index is 12.6.